The van der Waals surface area contributed by atoms with Gasteiger partial charge in [-0.3, -0.25) is 4.90 Å². The van der Waals surface area contributed by atoms with Crippen LogP contribution in [-0.2, 0) is 14.6 Å². The average molecular weight is 290 g/mol. The predicted molar refractivity (Wildman–Crippen MR) is 75.8 cm³/mol. The van der Waals surface area contributed by atoms with Gasteiger partial charge in [-0.1, -0.05) is 0 Å². The number of nitrogens with zero attached hydrogens (tertiary/aromatic N) is 1. The number of piperidine rings is 1. The van der Waals surface area contributed by atoms with Gasteiger partial charge in [0.1, 0.15) is 0 Å². The highest BCUT2D eigenvalue weighted by atomic mass is 32.2. The second-order valence-corrected chi connectivity index (χ2v) is 8.22. The maximum atomic E-state index is 12.0. The van der Waals surface area contributed by atoms with Gasteiger partial charge in [0.2, 0.25) is 0 Å². The van der Waals surface area contributed by atoms with Crippen LogP contribution >= 0.6 is 0 Å². The van der Waals surface area contributed by atoms with Gasteiger partial charge in [0, 0.05) is 25.7 Å². The first-order valence-corrected chi connectivity index (χ1v) is 8.98. The van der Waals surface area contributed by atoms with E-state index in [1.165, 1.54) is 0 Å². The summed E-state index contributed by atoms with van der Waals surface area (Å²) < 4.78 is 29.2. The average Bonchev–Trinajstić information content (AvgIpc) is 2.38. The van der Waals surface area contributed by atoms with E-state index in [1.54, 1.807) is 7.11 Å². The maximum absolute atomic E-state index is 12.0. The molecule has 0 bridgehead atoms. The number of hydrogen-bond donors (Lipinski definition) is 1. The van der Waals surface area contributed by atoms with Crippen LogP contribution in [0.2, 0.25) is 0 Å². The number of hydrogen-bond acceptors (Lipinski definition) is 5. The van der Waals surface area contributed by atoms with Gasteiger partial charge < -0.3 is 10.5 Å². The molecule has 2 atom stereocenters. The monoisotopic (exact) mass is 290 g/mol. The van der Waals surface area contributed by atoms with Crippen LogP contribution in [0.15, 0.2) is 0 Å². The normalized spacial score (nSPS) is 36.2. The van der Waals surface area contributed by atoms with Crippen molar-refractivity contribution in [3.8, 4) is 0 Å². The lowest BCUT2D eigenvalue weighted by molar-refractivity contribution is 0.0263. The van der Waals surface area contributed by atoms with E-state index in [4.69, 9.17) is 10.5 Å². The van der Waals surface area contributed by atoms with E-state index in [9.17, 15) is 8.42 Å². The van der Waals surface area contributed by atoms with Gasteiger partial charge in [0.05, 0.1) is 18.1 Å². The summed E-state index contributed by atoms with van der Waals surface area (Å²) in [7, 11) is -1.21. The molecule has 2 rings (SSSR count). The molecule has 6 heteroatoms. The minimum Gasteiger partial charge on any atom is -0.384 e. The number of methoxy groups -OCH3 is 1. The third kappa shape index (κ3) is 3.48. The Labute approximate surface area is 116 Å². The Hall–Kier alpha value is -0.170. The smallest absolute Gasteiger partial charge is 0.152 e. The SMILES string of the molecule is COCC1CCCN(C2(CN)CCCS(=O)(=O)C2)C1. The van der Waals surface area contributed by atoms with Crippen LogP contribution in [0.4, 0.5) is 0 Å². The van der Waals surface area contributed by atoms with Gasteiger partial charge in [0.15, 0.2) is 9.84 Å². The third-order valence-corrected chi connectivity index (χ3v) is 6.45. The van der Waals surface area contributed by atoms with Crippen molar-refractivity contribution in [2.75, 3.05) is 44.9 Å². The largest absolute Gasteiger partial charge is 0.384 e. The molecule has 2 fully saturated rings. The van der Waals surface area contributed by atoms with E-state index in [1.807, 2.05) is 0 Å². The van der Waals surface area contributed by atoms with E-state index in [2.05, 4.69) is 4.90 Å². The lowest BCUT2D eigenvalue weighted by atomic mass is 9.88. The summed E-state index contributed by atoms with van der Waals surface area (Å²) in [6.45, 7) is 3.07. The summed E-state index contributed by atoms with van der Waals surface area (Å²) in [5.41, 5.74) is 5.64. The molecule has 2 unspecified atom stereocenters. The van der Waals surface area contributed by atoms with Crippen LogP contribution in [0.3, 0.4) is 0 Å². The van der Waals surface area contributed by atoms with Crippen molar-refractivity contribution in [3.05, 3.63) is 0 Å². The Morgan fingerprint density at radius 3 is 2.84 bits per heavy atom. The van der Waals surface area contributed by atoms with Crippen molar-refractivity contribution in [1.29, 1.82) is 0 Å². The molecule has 2 aliphatic rings. The Morgan fingerprint density at radius 1 is 1.42 bits per heavy atom. The first kappa shape index (κ1) is 15.2. The number of ether oxygens (including phenoxy) is 1. The third-order valence-electron chi connectivity index (χ3n) is 4.56. The Bertz CT molecular complexity index is 397. The Balaban J connectivity index is 2.11. The number of rotatable bonds is 4. The summed E-state index contributed by atoms with van der Waals surface area (Å²) in [4.78, 5) is 2.33. The summed E-state index contributed by atoms with van der Waals surface area (Å²) in [6, 6.07) is 0. The van der Waals surface area contributed by atoms with Gasteiger partial charge in [0.25, 0.3) is 0 Å². The molecule has 0 spiro atoms. The van der Waals surface area contributed by atoms with E-state index < -0.39 is 9.84 Å². The van der Waals surface area contributed by atoms with E-state index in [0.29, 0.717) is 18.2 Å². The summed E-state index contributed by atoms with van der Waals surface area (Å²) in [5.74, 6) is 1.06. The number of likely N-dealkylation sites (tertiary alicyclic amines) is 1. The maximum Gasteiger partial charge on any atom is 0.152 e. The molecule has 2 aliphatic heterocycles. The minimum absolute atomic E-state index is 0.232. The molecule has 2 N–H and O–H groups in total. The van der Waals surface area contributed by atoms with Gasteiger partial charge >= 0.3 is 0 Å². The zero-order valence-electron chi connectivity index (χ0n) is 11.8. The fourth-order valence-electron chi connectivity index (χ4n) is 3.58. The van der Waals surface area contributed by atoms with Crippen LogP contribution in [0, 0.1) is 5.92 Å². The lowest BCUT2D eigenvalue weighted by Gasteiger charge is -2.48. The molecule has 5 nitrogen and oxygen atoms in total. The fourth-order valence-corrected chi connectivity index (χ4v) is 5.57. The van der Waals surface area contributed by atoms with Crippen molar-refractivity contribution in [1.82, 2.24) is 4.90 Å². The molecule has 0 saturated carbocycles. The molecular formula is C13H26N2O3S. The van der Waals surface area contributed by atoms with Gasteiger partial charge in [-0.05, 0) is 38.1 Å². The van der Waals surface area contributed by atoms with Gasteiger partial charge in [-0.2, -0.15) is 0 Å². The van der Waals surface area contributed by atoms with Crippen molar-refractivity contribution in [3.63, 3.8) is 0 Å². The quantitative estimate of drug-likeness (QED) is 0.803. The fraction of sp³-hybridized carbons (Fsp3) is 1.00. The predicted octanol–water partition coefficient (Wildman–Crippen LogP) is 0.251. The van der Waals surface area contributed by atoms with Crippen LogP contribution in [-0.4, -0.2) is 63.7 Å². The summed E-state index contributed by atoms with van der Waals surface area (Å²) in [6.07, 6.45) is 3.92. The second-order valence-electron chi connectivity index (χ2n) is 6.03. The Morgan fingerprint density at radius 2 is 2.21 bits per heavy atom. The number of sulfone groups is 1. The van der Waals surface area contributed by atoms with E-state index in [0.717, 1.165) is 45.4 Å². The highest BCUT2D eigenvalue weighted by molar-refractivity contribution is 7.91. The number of nitrogens with two attached hydrogens (primary N) is 1. The van der Waals surface area contributed by atoms with Crippen LogP contribution in [0.5, 0.6) is 0 Å². The van der Waals surface area contributed by atoms with Crippen molar-refractivity contribution < 1.29 is 13.2 Å². The highest BCUT2D eigenvalue weighted by Gasteiger charge is 2.43. The topological polar surface area (TPSA) is 72.6 Å². The van der Waals surface area contributed by atoms with Crippen molar-refractivity contribution in [2.45, 2.75) is 31.2 Å². The molecular weight excluding hydrogens is 264 g/mol. The molecule has 0 aliphatic carbocycles. The standard InChI is InChI=1S/C13H26N2O3S/c1-18-9-12-4-2-6-15(8-12)13(10-14)5-3-7-19(16,17)11-13/h12H,2-11,14H2,1H3. The molecule has 0 aromatic heterocycles. The van der Waals surface area contributed by atoms with Gasteiger partial charge in [-0.25, -0.2) is 8.42 Å². The van der Waals surface area contributed by atoms with Crippen LogP contribution < -0.4 is 5.73 Å². The zero-order chi connectivity index (χ0) is 13.9. The highest BCUT2D eigenvalue weighted by Crippen LogP contribution is 2.32. The van der Waals surface area contributed by atoms with Crippen molar-refractivity contribution in [2.24, 2.45) is 11.7 Å². The molecule has 2 saturated heterocycles. The van der Waals surface area contributed by atoms with Crippen molar-refractivity contribution >= 4 is 9.84 Å². The molecule has 0 aromatic carbocycles. The first-order chi connectivity index (χ1) is 9.01. The molecule has 0 radical (unpaired) electrons. The van der Waals surface area contributed by atoms with E-state index in [-0.39, 0.29) is 11.3 Å². The summed E-state index contributed by atoms with van der Waals surface area (Å²) >= 11 is 0. The lowest BCUT2D eigenvalue weighted by Crippen LogP contribution is -2.62. The molecule has 0 aromatic rings. The molecule has 112 valence electrons. The first-order valence-electron chi connectivity index (χ1n) is 7.16. The Kier molecular flexibility index (Phi) is 4.87. The van der Waals surface area contributed by atoms with E-state index >= 15 is 0 Å². The molecule has 0 amide bonds. The zero-order valence-corrected chi connectivity index (χ0v) is 12.6. The molecule has 19 heavy (non-hydrogen) atoms. The summed E-state index contributed by atoms with van der Waals surface area (Å²) in [5, 5.41) is 0. The molecule has 2 heterocycles. The van der Waals surface area contributed by atoms with Crippen LogP contribution in [0.25, 0.3) is 0 Å². The van der Waals surface area contributed by atoms with Crippen LogP contribution in [0.1, 0.15) is 25.7 Å². The minimum atomic E-state index is -2.93. The van der Waals surface area contributed by atoms with Gasteiger partial charge in [-0.15, -0.1) is 0 Å². The second kappa shape index (κ2) is 6.08.